The van der Waals surface area contributed by atoms with Crippen molar-refractivity contribution in [3.05, 3.63) is 33.8 Å². The van der Waals surface area contributed by atoms with Crippen LogP contribution < -0.4 is 0 Å². The first-order chi connectivity index (χ1) is 9.11. The Morgan fingerprint density at radius 2 is 1.74 bits per heavy atom. The number of carbonyl (C=O) groups is 1. The summed E-state index contributed by atoms with van der Waals surface area (Å²) >= 11 is 12.2. The summed E-state index contributed by atoms with van der Waals surface area (Å²) in [5.74, 6) is 1.31. The van der Waals surface area contributed by atoms with Gasteiger partial charge in [-0.25, -0.2) is 0 Å². The predicted molar refractivity (Wildman–Crippen MR) is 80.9 cm³/mol. The van der Waals surface area contributed by atoms with E-state index in [0.29, 0.717) is 22.2 Å². The van der Waals surface area contributed by atoms with Gasteiger partial charge in [0.05, 0.1) is 0 Å². The minimum atomic E-state index is 0.204. The molecule has 0 amide bonds. The van der Waals surface area contributed by atoms with E-state index in [1.165, 1.54) is 19.3 Å². The molecule has 19 heavy (non-hydrogen) atoms. The second-order valence-electron chi connectivity index (χ2n) is 5.47. The predicted octanol–water partition coefficient (Wildman–Crippen LogP) is 5.32. The first-order valence-electron chi connectivity index (χ1n) is 7.07. The molecule has 0 radical (unpaired) electrons. The SMILES string of the molecule is CCC1CCC(C(=O)Cc2c(Cl)cccc2Cl)CC1. The fraction of sp³-hybridized carbons (Fsp3) is 0.562. The summed E-state index contributed by atoms with van der Waals surface area (Å²) in [6.45, 7) is 2.23. The summed E-state index contributed by atoms with van der Waals surface area (Å²) in [5.41, 5.74) is 0.786. The van der Waals surface area contributed by atoms with Crippen LogP contribution >= 0.6 is 23.2 Å². The zero-order valence-electron chi connectivity index (χ0n) is 11.3. The maximum Gasteiger partial charge on any atom is 0.140 e. The number of carbonyl (C=O) groups excluding carboxylic acids is 1. The van der Waals surface area contributed by atoms with Gasteiger partial charge in [0, 0.05) is 22.4 Å². The van der Waals surface area contributed by atoms with Crippen LogP contribution in [-0.2, 0) is 11.2 Å². The lowest BCUT2D eigenvalue weighted by Gasteiger charge is -2.27. The maximum atomic E-state index is 12.3. The number of hydrogen-bond acceptors (Lipinski definition) is 1. The van der Waals surface area contributed by atoms with Gasteiger partial charge in [-0.15, -0.1) is 0 Å². The van der Waals surface area contributed by atoms with Crippen molar-refractivity contribution < 1.29 is 4.79 Å². The lowest BCUT2D eigenvalue weighted by molar-refractivity contribution is -0.123. The lowest BCUT2D eigenvalue weighted by atomic mass is 9.78. The highest BCUT2D eigenvalue weighted by Crippen LogP contribution is 2.33. The number of benzene rings is 1. The molecule has 1 aliphatic rings. The molecule has 0 heterocycles. The molecule has 0 saturated heterocycles. The molecular formula is C16H20Cl2O. The first kappa shape index (κ1) is 14.9. The molecule has 1 aromatic rings. The van der Waals surface area contributed by atoms with E-state index in [-0.39, 0.29) is 5.92 Å². The fourth-order valence-corrected chi connectivity index (χ4v) is 3.44. The number of Topliss-reactive ketones (excluding diaryl/α,β-unsaturated/α-hetero) is 1. The highest BCUT2D eigenvalue weighted by atomic mass is 35.5. The zero-order chi connectivity index (χ0) is 13.8. The van der Waals surface area contributed by atoms with Crippen molar-refractivity contribution in [3.8, 4) is 0 Å². The monoisotopic (exact) mass is 298 g/mol. The average Bonchev–Trinajstić information content (AvgIpc) is 2.43. The van der Waals surface area contributed by atoms with E-state index in [9.17, 15) is 4.79 Å². The highest BCUT2D eigenvalue weighted by Gasteiger charge is 2.26. The van der Waals surface area contributed by atoms with Gasteiger partial charge in [0.2, 0.25) is 0 Å². The third kappa shape index (κ3) is 3.73. The molecule has 0 aliphatic heterocycles. The van der Waals surface area contributed by atoms with Crippen LogP contribution in [0.15, 0.2) is 18.2 Å². The smallest absolute Gasteiger partial charge is 0.140 e. The molecule has 1 aromatic carbocycles. The molecule has 1 nitrogen and oxygen atoms in total. The molecule has 1 fully saturated rings. The molecule has 0 aromatic heterocycles. The third-order valence-corrected chi connectivity index (χ3v) is 5.00. The summed E-state index contributed by atoms with van der Waals surface area (Å²) in [5, 5.41) is 1.20. The van der Waals surface area contributed by atoms with E-state index in [2.05, 4.69) is 6.92 Å². The fourth-order valence-electron chi connectivity index (χ4n) is 2.91. The van der Waals surface area contributed by atoms with Crippen molar-refractivity contribution >= 4 is 29.0 Å². The quantitative estimate of drug-likeness (QED) is 0.735. The number of ketones is 1. The summed E-state index contributed by atoms with van der Waals surface area (Å²) in [6, 6.07) is 5.40. The van der Waals surface area contributed by atoms with Crippen LogP contribution in [0.3, 0.4) is 0 Å². The van der Waals surface area contributed by atoms with Gasteiger partial charge in [-0.3, -0.25) is 4.79 Å². The van der Waals surface area contributed by atoms with Gasteiger partial charge in [-0.1, -0.05) is 42.6 Å². The first-order valence-corrected chi connectivity index (χ1v) is 7.83. The van der Waals surface area contributed by atoms with Crippen molar-refractivity contribution in [2.24, 2.45) is 11.8 Å². The highest BCUT2D eigenvalue weighted by molar-refractivity contribution is 6.36. The Kier molecular flexibility index (Phi) is 5.29. The van der Waals surface area contributed by atoms with Gasteiger partial charge < -0.3 is 0 Å². The van der Waals surface area contributed by atoms with Gasteiger partial charge >= 0.3 is 0 Å². The van der Waals surface area contributed by atoms with Crippen LogP contribution in [-0.4, -0.2) is 5.78 Å². The van der Waals surface area contributed by atoms with Gasteiger partial charge in [0.25, 0.3) is 0 Å². The van der Waals surface area contributed by atoms with Crippen LogP contribution in [0.4, 0.5) is 0 Å². The van der Waals surface area contributed by atoms with Gasteiger partial charge in [-0.05, 0) is 49.3 Å². The van der Waals surface area contributed by atoms with Crippen LogP contribution in [0.2, 0.25) is 10.0 Å². The topological polar surface area (TPSA) is 17.1 Å². The third-order valence-electron chi connectivity index (χ3n) is 4.29. The molecular weight excluding hydrogens is 279 g/mol. The van der Waals surface area contributed by atoms with E-state index in [1.807, 2.05) is 6.07 Å². The Morgan fingerprint density at radius 3 is 2.26 bits per heavy atom. The zero-order valence-corrected chi connectivity index (χ0v) is 12.8. The van der Waals surface area contributed by atoms with Crippen molar-refractivity contribution in [2.75, 3.05) is 0 Å². The minimum absolute atomic E-state index is 0.204. The molecule has 2 rings (SSSR count). The van der Waals surface area contributed by atoms with Crippen molar-refractivity contribution in [1.82, 2.24) is 0 Å². The molecule has 0 N–H and O–H groups in total. The Bertz CT molecular complexity index is 428. The summed E-state index contributed by atoms with van der Waals surface area (Å²) in [4.78, 5) is 12.3. The van der Waals surface area contributed by atoms with E-state index in [0.717, 1.165) is 24.3 Å². The van der Waals surface area contributed by atoms with E-state index >= 15 is 0 Å². The molecule has 0 atom stereocenters. The molecule has 0 bridgehead atoms. The number of hydrogen-bond donors (Lipinski definition) is 0. The van der Waals surface area contributed by atoms with Crippen molar-refractivity contribution in [2.45, 2.75) is 45.4 Å². The second-order valence-corrected chi connectivity index (χ2v) is 6.28. The van der Waals surface area contributed by atoms with Crippen LogP contribution in [0.1, 0.15) is 44.6 Å². The van der Waals surface area contributed by atoms with Gasteiger partial charge in [0.15, 0.2) is 0 Å². The Balaban J connectivity index is 1.98. The standard InChI is InChI=1S/C16H20Cl2O/c1-2-11-6-8-12(9-7-11)16(19)10-13-14(17)4-3-5-15(13)18/h3-5,11-12H,2,6-10H2,1H3. The molecule has 104 valence electrons. The summed E-state index contributed by atoms with van der Waals surface area (Å²) in [7, 11) is 0. The number of halogens is 2. The molecule has 3 heteroatoms. The lowest BCUT2D eigenvalue weighted by Crippen LogP contribution is -2.23. The van der Waals surface area contributed by atoms with E-state index < -0.39 is 0 Å². The van der Waals surface area contributed by atoms with Gasteiger partial charge in [-0.2, -0.15) is 0 Å². The van der Waals surface area contributed by atoms with Crippen molar-refractivity contribution in [3.63, 3.8) is 0 Å². The normalized spacial score (nSPS) is 23.3. The largest absolute Gasteiger partial charge is 0.299 e. The second kappa shape index (κ2) is 6.76. The van der Waals surface area contributed by atoms with Crippen LogP contribution in [0.5, 0.6) is 0 Å². The minimum Gasteiger partial charge on any atom is -0.299 e. The molecule has 1 saturated carbocycles. The Morgan fingerprint density at radius 1 is 1.16 bits per heavy atom. The maximum absolute atomic E-state index is 12.3. The van der Waals surface area contributed by atoms with E-state index in [1.54, 1.807) is 12.1 Å². The Labute approximate surface area is 125 Å². The summed E-state index contributed by atoms with van der Waals surface area (Å²) < 4.78 is 0. The van der Waals surface area contributed by atoms with Gasteiger partial charge in [0.1, 0.15) is 5.78 Å². The van der Waals surface area contributed by atoms with Crippen LogP contribution in [0.25, 0.3) is 0 Å². The number of rotatable bonds is 4. The summed E-state index contributed by atoms with van der Waals surface area (Å²) in [6.07, 6.45) is 6.03. The molecule has 1 aliphatic carbocycles. The molecule has 0 spiro atoms. The van der Waals surface area contributed by atoms with E-state index in [4.69, 9.17) is 23.2 Å². The average molecular weight is 299 g/mol. The van der Waals surface area contributed by atoms with Crippen LogP contribution in [0, 0.1) is 11.8 Å². The Hall–Kier alpha value is -0.530. The molecule has 0 unspecified atom stereocenters. The van der Waals surface area contributed by atoms with Crippen molar-refractivity contribution in [1.29, 1.82) is 0 Å².